The first-order valence-electron chi connectivity index (χ1n) is 5.06. The van der Waals surface area contributed by atoms with Crippen LogP contribution in [0.4, 0.5) is 0 Å². The largest absolute Gasteiger partial charge is 0.448 e. The highest BCUT2D eigenvalue weighted by atomic mass is 35.5. The van der Waals surface area contributed by atoms with Crippen LogP contribution in [0.3, 0.4) is 0 Å². The maximum absolute atomic E-state index is 11.6. The minimum absolute atomic E-state index is 0. The van der Waals surface area contributed by atoms with Crippen LogP contribution >= 0.6 is 12.4 Å². The third-order valence-corrected chi connectivity index (χ3v) is 2.08. The van der Waals surface area contributed by atoms with E-state index in [0.717, 1.165) is 6.54 Å². The second kappa shape index (κ2) is 7.24. The average molecular weight is 248 g/mol. The lowest BCUT2D eigenvalue weighted by molar-refractivity contribution is 0.0944. The summed E-state index contributed by atoms with van der Waals surface area (Å²) in [5, 5.41) is 5.99. The zero-order valence-corrected chi connectivity index (χ0v) is 10.6. The zero-order chi connectivity index (χ0) is 11.3. The molecule has 0 fully saturated rings. The highest BCUT2D eigenvalue weighted by Gasteiger charge is 2.13. The molecule has 6 heteroatoms. The Bertz CT molecular complexity index is 328. The fourth-order valence-electron chi connectivity index (χ4n) is 1.27. The third-order valence-electron chi connectivity index (χ3n) is 2.08. The molecule has 2 N–H and O–H groups in total. The Balaban J connectivity index is 0.00000225. The number of carbonyl (C=O) groups is 1. The summed E-state index contributed by atoms with van der Waals surface area (Å²) in [7, 11) is 0. The summed E-state index contributed by atoms with van der Waals surface area (Å²) in [6.45, 7) is 7.23. The molecule has 0 saturated heterocycles. The van der Waals surface area contributed by atoms with Crippen molar-refractivity contribution in [2.45, 2.75) is 26.8 Å². The molecule has 92 valence electrons. The van der Waals surface area contributed by atoms with Gasteiger partial charge in [0.05, 0.1) is 0 Å². The van der Waals surface area contributed by atoms with Gasteiger partial charge in [-0.15, -0.1) is 12.4 Å². The van der Waals surface area contributed by atoms with Gasteiger partial charge in [0.15, 0.2) is 12.1 Å². The van der Waals surface area contributed by atoms with Crippen molar-refractivity contribution in [2.24, 2.45) is 0 Å². The lowest BCUT2D eigenvalue weighted by Gasteiger charge is -2.12. The Hall–Kier alpha value is -1.07. The number of halogens is 1. The summed E-state index contributed by atoms with van der Waals surface area (Å²) in [5.74, 6) is 0.356. The lowest BCUT2D eigenvalue weighted by Crippen LogP contribution is -2.39. The van der Waals surface area contributed by atoms with E-state index in [1.165, 1.54) is 6.39 Å². The lowest BCUT2D eigenvalue weighted by atomic mass is 10.3. The Morgan fingerprint density at radius 1 is 1.62 bits per heavy atom. The molecule has 5 nitrogen and oxygen atoms in total. The van der Waals surface area contributed by atoms with Gasteiger partial charge in [0, 0.05) is 12.6 Å². The Morgan fingerprint density at radius 2 is 2.31 bits per heavy atom. The normalized spacial score (nSPS) is 11.7. The molecule has 0 aliphatic rings. The van der Waals surface area contributed by atoms with E-state index in [2.05, 4.69) is 15.6 Å². The van der Waals surface area contributed by atoms with E-state index in [0.29, 0.717) is 18.0 Å². The van der Waals surface area contributed by atoms with E-state index < -0.39 is 0 Å². The second-order valence-electron chi connectivity index (χ2n) is 3.43. The molecule has 16 heavy (non-hydrogen) atoms. The number of likely N-dealkylation sites (N-methyl/N-ethyl adjacent to an activating group) is 1. The van der Waals surface area contributed by atoms with Gasteiger partial charge in [-0.25, -0.2) is 4.98 Å². The third kappa shape index (κ3) is 4.20. The fourth-order valence-corrected chi connectivity index (χ4v) is 1.27. The number of rotatable bonds is 5. The average Bonchev–Trinajstić information content (AvgIpc) is 2.61. The summed E-state index contributed by atoms with van der Waals surface area (Å²) in [4.78, 5) is 15.4. The predicted molar refractivity (Wildman–Crippen MR) is 64.0 cm³/mol. The van der Waals surface area contributed by atoms with E-state index in [1.807, 2.05) is 13.8 Å². The molecule has 1 aromatic heterocycles. The minimum atomic E-state index is -0.189. The van der Waals surface area contributed by atoms with Gasteiger partial charge < -0.3 is 15.1 Å². The van der Waals surface area contributed by atoms with Gasteiger partial charge in [0.25, 0.3) is 5.91 Å². The molecule has 0 saturated carbocycles. The van der Waals surface area contributed by atoms with Crippen molar-refractivity contribution in [3.8, 4) is 0 Å². The number of hydrogen-bond donors (Lipinski definition) is 2. The number of carbonyl (C=O) groups excluding carboxylic acids is 1. The van der Waals surface area contributed by atoms with E-state index in [-0.39, 0.29) is 24.4 Å². The van der Waals surface area contributed by atoms with Crippen molar-refractivity contribution < 1.29 is 9.21 Å². The quantitative estimate of drug-likeness (QED) is 0.819. The molecule has 0 aliphatic carbocycles. The van der Waals surface area contributed by atoms with Crippen molar-refractivity contribution in [3.63, 3.8) is 0 Å². The number of amides is 1. The van der Waals surface area contributed by atoms with Crippen LogP contribution in [0.2, 0.25) is 0 Å². The number of nitrogens with one attached hydrogen (secondary N) is 2. The SMILES string of the molecule is CCN[C@H](C)CNC(=O)c1ncoc1C.Cl. The molecule has 0 bridgehead atoms. The Morgan fingerprint density at radius 3 is 2.81 bits per heavy atom. The molecule has 1 aromatic rings. The standard InChI is InChI=1S/C10H17N3O2.ClH/c1-4-11-7(2)5-12-10(14)9-8(3)15-6-13-9;/h6-7,11H,4-5H2,1-3H3,(H,12,14);1H/t7-;/m1./s1. The summed E-state index contributed by atoms with van der Waals surface area (Å²) >= 11 is 0. The molecule has 0 spiro atoms. The summed E-state index contributed by atoms with van der Waals surface area (Å²) in [5.41, 5.74) is 0.360. The van der Waals surface area contributed by atoms with Crippen LogP contribution in [0.1, 0.15) is 30.1 Å². The van der Waals surface area contributed by atoms with Gasteiger partial charge in [-0.2, -0.15) is 0 Å². The number of nitrogens with zero attached hydrogens (tertiary/aromatic N) is 1. The van der Waals surface area contributed by atoms with Crippen LogP contribution in [-0.2, 0) is 0 Å². The molecule has 0 aromatic carbocycles. The van der Waals surface area contributed by atoms with Crippen molar-refractivity contribution in [1.29, 1.82) is 0 Å². The van der Waals surface area contributed by atoms with E-state index in [4.69, 9.17) is 4.42 Å². The van der Waals surface area contributed by atoms with Gasteiger partial charge in [0.1, 0.15) is 5.76 Å². The van der Waals surface area contributed by atoms with Crippen LogP contribution in [0.5, 0.6) is 0 Å². The maximum Gasteiger partial charge on any atom is 0.273 e. The predicted octanol–water partition coefficient (Wildman–Crippen LogP) is 1.13. The molecule has 1 heterocycles. The Labute approximate surface area is 101 Å². The zero-order valence-electron chi connectivity index (χ0n) is 9.74. The first kappa shape index (κ1) is 14.9. The van der Waals surface area contributed by atoms with Gasteiger partial charge in [-0.1, -0.05) is 6.92 Å². The van der Waals surface area contributed by atoms with E-state index >= 15 is 0 Å². The van der Waals surface area contributed by atoms with Crippen LogP contribution in [-0.4, -0.2) is 30.0 Å². The molecule has 0 radical (unpaired) electrons. The highest BCUT2D eigenvalue weighted by molar-refractivity contribution is 5.93. The minimum Gasteiger partial charge on any atom is -0.448 e. The first-order chi connectivity index (χ1) is 7.15. The van der Waals surface area contributed by atoms with Crippen LogP contribution in [0.25, 0.3) is 0 Å². The fraction of sp³-hybridized carbons (Fsp3) is 0.600. The summed E-state index contributed by atoms with van der Waals surface area (Å²) in [6.07, 6.45) is 1.28. The van der Waals surface area contributed by atoms with Crippen LogP contribution in [0, 0.1) is 6.92 Å². The number of aromatic nitrogens is 1. The van der Waals surface area contributed by atoms with E-state index in [1.54, 1.807) is 6.92 Å². The molecule has 0 aliphatic heterocycles. The molecule has 1 rings (SSSR count). The first-order valence-corrected chi connectivity index (χ1v) is 5.06. The van der Waals surface area contributed by atoms with Gasteiger partial charge in [0.2, 0.25) is 0 Å². The topological polar surface area (TPSA) is 67.2 Å². The molecule has 1 amide bonds. The highest BCUT2D eigenvalue weighted by Crippen LogP contribution is 2.03. The molecular formula is C10H18ClN3O2. The second-order valence-corrected chi connectivity index (χ2v) is 3.43. The number of aryl methyl sites for hydroxylation is 1. The van der Waals surface area contributed by atoms with E-state index in [9.17, 15) is 4.79 Å². The summed E-state index contributed by atoms with van der Waals surface area (Å²) < 4.78 is 4.95. The molecule has 0 unspecified atom stereocenters. The van der Waals surface area contributed by atoms with Crippen molar-refractivity contribution in [3.05, 3.63) is 17.8 Å². The monoisotopic (exact) mass is 247 g/mol. The van der Waals surface area contributed by atoms with Crippen molar-refractivity contribution >= 4 is 18.3 Å². The molecule has 1 atom stereocenters. The number of oxazole rings is 1. The summed E-state index contributed by atoms with van der Waals surface area (Å²) in [6, 6.07) is 0.256. The van der Waals surface area contributed by atoms with Crippen LogP contribution < -0.4 is 10.6 Å². The van der Waals surface area contributed by atoms with Crippen LogP contribution in [0.15, 0.2) is 10.8 Å². The van der Waals surface area contributed by atoms with Crippen molar-refractivity contribution in [1.82, 2.24) is 15.6 Å². The maximum atomic E-state index is 11.6. The molecular weight excluding hydrogens is 230 g/mol. The van der Waals surface area contributed by atoms with Crippen molar-refractivity contribution in [2.75, 3.05) is 13.1 Å². The number of hydrogen-bond acceptors (Lipinski definition) is 4. The van der Waals surface area contributed by atoms with Gasteiger partial charge in [-0.05, 0) is 20.4 Å². The Kier molecular flexibility index (Phi) is 6.76. The van der Waals surface area contributed by atoms with Gasteiger partial charge >= 0.3 is 0 Å². The smallest absolute Gasteiger partial charge is 0.273 e. The van der Waals surface area contributed by atoms with Gasteiger partial charge in [-0.3, -0.25) is 4.79 Å².